The molecule has 0 aliphatic heterocycles. The molecule has 0 saturated heterocycles. The fourth-order valence-electron chi connectivity index (χ4n) is 7.53. The molecule has 0 saturated carbocycles. The van der Waals surface area contributed by atoms with Crippen molar-refractivity contribution in [3.8, 4) is 55.5 Å². The molecule has 10 rings (SSSR count). The highest BCUT2D eigenvalue weighted by Crippen LogP contribution is 2.46. The van der Waals surface area contributed by atoms with Gasteiger partial charge in [0.05, 0.1) is 11.4 Å². The second-order valence-electron chi connectivity index (χ2n) is 12.9. The maximum atomic E-state index is 5.41. The van der Waals surface area contributed by atoms with E-state index in [-0.39, 0.29) is 0 Å². The van der Waals surface area contributed by atoms with Gasteiger partial charge >= 0.3 is 0 Å². The van der Waals surface area contributed by atoms with Crippen LogP contribution >= 0.6 is 11.3 Å². The van der Waals surface area contributed by atoms with E-state index in [1.807, 2.05) is 17.4 Å². The average molecular weight is 667 g/mol. The Morgan fingerprint density at radius 1 is 0.353 bits per heavy atom. The third-order valence-corrected chi connectivity index (χ3v) is 11.0. The van der Waals surface area contributed by atoms with Crippen molar-refractivity contribution in [1.29, 1.82) is 0 Å². The standard InChI is InChI=1S/C48H30N2S/c1-3-15-32(16-4-1)45-38-23-10-11-24-39(38)47(46-37-22-9-7-14-31(37)26-27-40(45)46)42-30-41(49-48(50-42)33-17-5-2-6-18-33)34-20-13-21-35(28-34)44-29-36-19-8-12-25-43(36)51-44/h1-30H. The molecule has 0 bridgehead atoms. The molecule has 0 aliphatic rings. The minimum Gasteiger partial charge on any atom is -0.228 e. The van der Waals surface area contributed by atoms with Gasteiger partial charge < -0.3 is 0 Å². The summed E-state index contributed by atoms with van der Waals surface area (Å²) in [5.74, 6) is 0.708. The van der Waals surface area contributed by atoms with Gasteiger partial charge in [-0.2, -0.15) is 0 Å². The highest BCUT2D eigenvalue weighted by atomic mass is 32.1. The van der Waals surface area contributed by atoms with Crippen LogP contribution in [0, 0.1) is 0 Å². The first-order chi connectivity index (χ1) is 25.3. The van der Waals surface area contributed by atoms with Gasteiger partial charge in [0.25, 0.3) is 0 Å². The van der Waals surface area contributed by atoms with Crippen LogP contribution in [0.4, 0.5) is 0 Å². The van der Waals surface area contributed by atoms with Crippen LogP contribution in [-0.2, 0) is 0 Å². The zero-order valence-corrected chi connectivity index (χ0v) is 28.4. The number of rotatable bonds is 5. The number of thiophene rings is 1. The van der Waals surface area contributed by atoms with Gasteiger partial charge in [-0.25, -0.2) is 9.97 Å². The summed E-state index contributed by atoms with van der Waals surface area (Å²) in [6.07, 6.45) is 0. The summed E-state index contributed by atoms with van der Waals surface area (Å²) in [5, 5.41) is 8.46. The normalized spacial score (nSPS) is 11.5. The van der Waals surface area contributed by atoms with E-state index in [9.17, 15) is 0 Å². The lowest BCUT2D eigenvalue weighted by atomic mass is 9.85. The molecule has 0 amide bonds. The van der Waals surface area contributed by atoms with Gasteiger partial charge in [-0.3, -0.25) is 0 Å². The molecule has 2 aromatic heterocycles. The van der Waals surface area contributed by atoms with Crippen molar-refractivity contribution in [3.63, 3.8) is 0 Å². The van der Waals surface area contributed by atoms with Crippen molar-refractivity contribution in [2.75, 3.05) is 0 Å². The SMILES string of the molecule is c1ccc(-c2nc(-c3cccc(-c4cc5ccccc5s4)c3)cc(-c3c4ccccc4c(-c4ccccc4)c4ccc5ccccc5c34)n2)cc1. The molecule has 0 atom stereocenters. The smallest absolute Gasteiger partial charge is 0.160 e. The Labute approximate surface area is 300 Å². The van der Waals surface area contributed by atoms with Crippen LogP contribution in [-0.4, -0.2) is 9.97 Å². The van der Waals surface area contributed by atoms with Crippen LogP contribution in [0.5, 0.6) is 0 Å². The molecule has 0 unspecified atom stereocenters. The van der Waals surface area contributed by atoms with Crippen molar-refractivity contribution < 1.29 is 0 Å². The Kier molecular flexibility index (Phi) is 7.04. The van der Waals surface area contributed by atoms with Gasteiger partial charge in [0.1, 0.15) is 0 Å². The zero-order valence-electron chi connectivity index (χ0n) is 27.6. The Morgan fingerprint density at radius 3 is 1.75 bits per heavy atom. The summed E-state index contributed by atoms with van der Waals surface area (Å²) in [7, 11) is 0. The highest BCUT2D eigenvalue weighted by Gasteiger charge is 2.21. The molecule has 51 heavy (non-hydrogen) atoms. The monoisotopic (exact) mass is 666 g/mol. The number of benzene rings is 8. The molecule has 3 heteroatoms. The topological polar surface area (TPSA) is 25.8 Å². The molecule has 0 N–H and O–H groups in total. The third kappa shape index (κ3) is 5.10. The lowest BCUT2D eigenvalue weighted by Crippen LogP contribution is -1.98. The van der Waals surface area contributed by atoms with Crippen LogP contribution in [0.15, 0.2) is 182 Å². The lowest BCUT2D eigenvalue weighted by molar-refractivity contribution is 1.19. The number of aromatic nitrogens is 2. The fourth-order valence-corrected chi connectivity index (χ4v) is 8.58. The van der Waals surface area contributed by atoms with Crippen LogP contribution in [0.1, 0.15) is 0 Å². The quantitative estimate of drug-likeness (QED) is 0.135. The number of hydrogen-bond donors (Lipinski definition) is 0. The van der Waals surface area contributed by atoms with Gasteiger partial charge in [0.2, 0.25) is 0 Å². The van der Waals surface area contributed by atoms with E-state index in [4.69, 9.17) is 9.97 Å². The summed E-state index contributed by atoms with van der Waals surface area (Å²) < 4.78 is 1.29. The van der Waals surface area contributed by atoms with Gasteiger partial charge in [-0.15, -0.1) is 11.3 Å². The molecule has 0 fully saturated rings. The van der Waals surface area contributed by atoms with E-state index in [1.165, 1.54) is 64.0 Å². The largest absolute Gasteiger partial charge is 0.228 e. The minimum atomic E-state index is 0.708. The average Bonchev–Trinajstić information content (AvgIpc) is 3.65. The summed E-state index contributed by atoms with van der Waals surface area (Å²) in [4.78, 5) is 11.9. The van der Waals surface area contributed by atoms with Crippen LogP contribution in [0.25, 0.3) is 97.9 Å². The van der Waals surface area contributed by atoms with Crippen molar-refractivity contribution >= 4 is 53.7 Å². The zero-order chi connectivity index (χ0) is 33.7. The van der Waals surface area contributed by atoms with Gasteiger partial charge in [-0.05, 0) is 73.3 Å². The van der Waals surface area contributed by atoms with Crippen molar-refractivity contribution in [3.05, 3.63) is 182 Å². The van der Waals surface area contributed by atoms with Crippen LogP contribution in [0.2, 0.25) is 0 Å². The predicted octanol–water partition coefficient (Wildman–Crippen LogP) is 13.5. The van der Waals surface area contributed by atoms with E-state index < -0.39 is 0 Å². The van der Waals surface area contributed by atoms with Gasteiger partial charge in [0, 0.05) is 31.7 Å². The summed E-state index contributed by atoms with van der Waals surface area (Å²) in [6.45, 7) is 0. The molecule has 2 nitrogen and oxygen atoms in total. The summed E-state index contributed by atoms with van der Waals surface area (Å²) >= 11 is 1.82. The molecule has 0 spiro atoms. The van der Waals surface area contributed by atoms with Crippen LogP contribution < -0.4 is 0 Å². The molecule has 0 radical (unpaired) electrons. The summed E-state index contributed by atoms with van der Waals surface area (Å²) in [5.41, 5.74) is 8.60. The first kappa shape index (κ1) is 29.5. The maximum absolute atomic E-state index is 5.41. The second-order valence-corrected chi connectivity index (χ2v) is 14.0. The van der Waals surface area contributed by atoms with E-state index in [0.29, 0.717) is 5.82 Å². The maximum Gasteiger partial charge on any atom is 0.160 e. The predicted molar refractivity (Wildman–Crippen MR) is 217 cm³/mol. The fraction of sp³-hybridized carbons (Fsp3) is 0. The highest BCUT2D eigenvalue weighted by molar-refractivity contribution is 7.22. The Balaban J connectivity index is 1.29. The Hall–Kier alpha value is -6.42. The summed E-state index contributed by atoms with van der Waals surface area (Å²) in [6, 6.07) is 65.0. The van der Waals surface area contributed by atoms with Crippen molar-refractivity contribution in [2.45, 2.75) is 0 Å². The molecule has 0 aliphatic carbocycles. The minimum absolute atomic E-state index is 0.708. The van der Waals surface area contributed by atoms with E-state index >= 15 is 0 Å². The molecular weight excluding hydrogens is 637 g/mol. The van der Waals surface area contributed by atoms with Crippen molar-refractivity contribution in [1.82, 2.24) is 9.97 Å². The number of fused-ring (bicyclic) bond motifs is 5. The third-order valence-electron chi connectivity index (χ3n) is 9.86. The molecule has 238 valence electrons. The lowest BCUT2D eigenvalue weighted by Gasteiger charge is -2.19. The van der Waals surface area contributed by atoms with Crippen molar-refractivity contribution in [2.24, 2.45) is 0 Å². The first-order valence-corrected chi connectivity index (χ1v) is 18.1. The van der Waals surface area contributed by atoms with E-state index in [1.54, 1.807) is 0 Å². The van der Waals surface area contributed by atoms with E-state index in [0.717, 1.165) is 28.1 Å². The van der Waals surface area contributed by atoms with Gasteiger partial charge in [-0.1, -0.05) is 158 Å². The molecule has 10 aromatic rings. The first-order valence-electron chi connectivity index (χ1n) is 17.2. The molecule has 8 aromatic carbocycles. The molecule has 2 heterocycles. The van der Waals surface area contributed by atoms with Crippen LogP contribution in [0.3, 0.4) is 0 Å². The Morgan fingerprint density at radius 2 is 0.961 bits per heavy atom. The van der Waals surface area contributed by atoms with E-state index in [2.05, 4.69) is 176 Å². The number of hydrogen-bond acceptors (Lipinski definition) is 3. The Bertz CT molecular complexity index is 2880. The number of nitrogens with zero attached hydrogens (tertiary/aromatic N) is 2. The molecular formula is C48H30N2S. The van der Waals surface area contributed by atoms with Gasteiger partial charge in [0.15, 0.2) is 5.82 Å². The second kappa shape index (κ2) is 12.2.